The third kappa shape index (κ3) is 3.34. The molecule has 7 heteroatoms. The lowest BCUT2D eigenvalue weighted by molar-refractivity contribution is 0.302. The highest BCUT2D eigenvalue weighted by atomic mass is 16.5. The Morgan fingerprint density at radius 3 is 2.64 bits per heavy atom. The van der Waals surface area contributed by atoms with E-state index >= 15 is 0 Å². The van der Waals surface area contributed by atoms with E-state index in [1.165, 1.54) is 9.36 Å². The molecule has 0 spiro atoms. The van der Waals surface area contributed by atoms with Gasteiger partial charge in [-0.3, -0.25) is 0 Å². The second-order valence-electron chi connectivity index (χ2n) is 6.70. The maximum absolute atomic E-state index is 12.0. The molecule has 0 fully saturated rings. The first-order chi connectivity index (χ1) is 13.5. The minimum atomic E-state index is -0.105. The molecule has 0 atom stereocenters. The Hall–Kier alpha value is -3.61. The molecule has 0 bridgehead atoms. The smallest absolute Gasteiger partial charge is 0.364 e. The summed E-state index contributed by atoms with van der Waals surface area (Å²) in [4.78, 5) is 20.8. The van der Waals surface area contributed by atoms with Gasteiger partial charge in [0.1, 0.15) is 12.4 Å². The molecule has 7 nitrogen and oxygen atoms in total. The minimum Gasteiger partial charge on any atom is -0.489 e. The summed E-state index contributed by atoms with van der Waals surface area (Å²) in [5.41, 5.74) is 4.48. The summed E-state index contributed by atoms with van der Waals surface area (Å²) in [6.07, 6.45) is 1.76. The van der Waals surface area contributed by atoms with Crippen molar-refractivity contribution in [2.24, 2.45) is 7.05 Å². The van der Waals surface area contributed by atoms with Crippen LogP contribution in [-0.4, -0.2) is 24.5 Å². The zero-order valence-corrected chi connectivity index (χ0v) is 16.0. The fourth-order valence-corrected chi connectivity index (χ4v) is 3.04. The molecule has 0 aliphatic carbocycles. The summed E-state index contributed by atoms with van der Waals surface area (Å²) >= 11 is 0. The number of nitrogens with one attached hydrogen (secondary N) is 1. The van der Waals surface area contributed by atoms with E-state index in [2.05, 4.69) is 15.2 Å². The van der Waals surface area contributed by atoms with Crippen LogP contribution in [0.2, 0.25) is 0 Å². The SMILES string of the molecule is Cc1ccnc(-c2ccc(OCc3ccccc3-n3[nH]n(C)c3=O)c(C)c2)n1. The van der Waals surface area contributed by atoms with Crippen molar-refractivity contribution < 1.29 is 4.74 Å². The maximum Gasteiger partial charge on any atom is 0.364 e. The fourth-order valence-electron chi connectivity index (χ4n) is 3.04. The predicted molar refractivity (Wildman–Crippen MR) is 107 cm³/mol. The van der Waals surface area contributed by atoms with E-state index in [4.69, 9.17) is 4.74 Å². The monoisotopic (exact) mass is 375 g/mol. The van der Waals surface area contributed by atoms with Crippen molar-refractivity contribution in [2.75, 3.05) is 0 Å². The molecule has 2 heterocycles. The van der Waals surface area contributed by atoms with Crippen LogP contribution in [0.25, 0.3) is 17.1 Å². The quantitative estimate of drug-likeness (QED) is 0.581. The van der Waals surface area contributed by atoms with Crippen LogP contribution in [0.5, 0.6) is 5.75 Å². The molecule has 0 unspecified atom stereocenters. The highest BCUT2D eigenvalue weighted by Crippen LogP contribution is 2.25. The molecule has 0 aliphatic rings. The Morgan fingerprint density at radius 2 is 1.93 bits per heavy atom. The summed E-state index contributed by atoms with van der Waals surface area (Å²) in [5.74, 6) is 1.48. The van der Waals surface area contributed by atoms with E-state index in [0.29, 0.717) is 12.4 Å². The minimum absolute atomic E-state index is 0.105. The number of aromatic amines is 1. The number of rotatable bonds is 5. The fraction of sp³-hybridized carbons (Fsp3) is 0.190. The van der Waals surface area contributed by atoms with E-state index in [9.17, 15) is 4.79 Å². The standard InChI is InChI=1S/C21H21N5O2/c1-14-12-16(20-22-11-10-15(2)23-20)8-9-19(14)28-13-17-6-4-5-7-18(17)26-21(27)25(3)24-26/h4-12,24H,13H2,1-3H3. The number of nitrogens with zero attached hydrogens (tertiary/aromatic N) is 4. The molecule has 4 aromatic rings. The van der Waals surface area contributed by atoms with Crippen molar-refractivity contribution in [1.29, 1.82) is 0 Å². The Morgan fingerprint density at radius 1 is 1.11 bits per heavy atom. The lowest BCUT2D eigenvalue weighted by atomic mass is 10.1. The van der Waals surface area contributed by atoms with Gasteiger partial charge in [-0.25, -0.2) is 24.7 Å². The van der Waals surface area contributed by atoms with Crippen LogP contribution in [0.4, 0.5) is 0 Å². The van der Waals surface area contributed by atoms with Gasteiger partial charge < -0.3 is 4.74 Å². The number of aromatic nitrogens is 5. The summed E-state index contributed by atoms with van der Waals surface area (Å²) in [6, 6.07) is 15.5. The van der Waals surface area contributed by atoms with Crippen LogP contribution >= 0.6 is 0 Å². The van der Waals surface area contributed by atoms with Crippen LogP contribution in [0.1, 0.15) is 16.8 Å². The highest BCUT2D eigenvalue weighted by Gasteiger charge is 2.12. The van der Waals surface area contributed by atoms with Gasteiger partial charge in [0.2, 0.25) is 0 Å². The van der Waals surface area contributed by atoms with Crippen LogP contribution in [0.3, 0.4) is 0 Å². The second-order valence-corrected chi connectivity index (χ2v) is 6.70. The molecule has 0 amide bonds. The first-order valence-corrected chi connectivity index (χ1v) is 8.98. The topological polar surface area (TPSA) is 77.7 Å². The Labute approximate surface area is 162 Å². The zero-order chi connectivity index (χ0) is 19.7. The molecule has 0 aliphatic heterocycles. The molecule has 0 saturated carbocycles. The number of benzene rings is 2. The van der Waals surface area contributed by atoms with Gasteiger partial charge in [-0.1, -0.05) is 18.2 Å². The van der Waals surface area contributed by atoms with Crippen molar-refractivity contribution in [3.63, 3.8) is 0 Å². The number of ether oxygens (including phenoxy) is 1. The normalized spacial score (nSPS) is 11.0. The molecule has 0 saturated heterocycles. The van der Waals surface area contributed by atoms with Crippen molar-refractivity contribution in [3.8, 4) is 22.8 Å². The predicted octanol–water partition coefficient (Wildman–Crippen LogP) is 3.16. The lowest BCUT2D eigenvalue weighted by Crippen LogP contribution is -2.40. The molecular weight excluding hydrogens is 354 g/mol. The van der Waals surface area contributed by atoms with Crippen LogP contribution in [0, 0.1) is 13.8 Å². The van der Waals surface area contributed by atoms with Gasteiger partial charge in [0.15, 0.2) is 5.82 Å². The summed E-state index contributed by atoms with van der Waals surface area (Å²) in [5, 5.41) is 2.94. The van der Waals surface area contributed by atoms with Crippen molar-refractivity contribution in [3.05, 3.63) is 82.0 Å². The van der Waals surface area contributed by atoms with Gasteiger partial charge in [0, 0.05) is 30.1 Å². The zero-order valence-electron chi connectivity index (χ0n) is 16.0. The summed E-state index contributed by atoms with van der Waals surface area (Å²) in [6.45, 7) is 4.30. The number of aryl methyl sites for hydroxylation is 3. The first-order valence-electron chi connectivity index (χ1n) is 8.98. The maximum atomic E-state index is 12.0. The van der Waals surface area contributed by atoms with Gasteiger partial charge >= 0.3 is 5.69 Å². The molecule has 2 aromatic heterocycles. The number of H-pyrrole nitrogens is 1. The summed E-state index contributed by atoms with van der Waals surface area (Å²) < 4.78 is 8.97. The van der Waals surface area contributed by atoms with Gasteiger partial charge in [0.25, 0.3) is 0 Å². The average molecular weight is 375 g/mol. The molecule has 1 N–H and O–H groups in total. The highest BCUT2D eigenvalue weighted by molar-refractivity contribution is 5.58. The van der Waals surface area contributed by atoms with E-state index < -0.39 is 0 Å². The van der Waals surface area contributed by atoms with Crippen LogP contribution in [-0.2, 0) is 13.7 Å². The van der Waals surface area contributed by atoms with Gasteiger partial charge in [-0.2, -0.15) is 4.68 Å². The Balaban J connectivity index is 1.55. The molecular formula is C21H21N5O2. The van der Waals surface area contributed by atoms with Crippen molar-refractivity contribution in [2.45, 2.75) is 20.5 Å². The molecule has 142 valence electrons. The molecule has 0 radical (unpaired) electrons. The average Bonchev–Trinajstić information content (AvgIpc) is 2.71. The van der Waals surface area contributed by atoms with Crippen LogP contribution in [0.15, 0.2) is 59.5 Å². The van der Waals surface area contributed by atoms with E-state index in [-0.39, 0.29) is 5.69 Å². The number of hydrogen-bond donors (Lipinski definition) is 1. The van der Waals surface area contributed by atoms with Gasteiger partial charge in [-0.05, 0) is 49.7 Å². The van der Waals surface area contributed by atoms with Crippen LogP contribution < -0.4 is 10.4 Å². The third-order valence-corrected chi connectivity index (χ3v) is 4.57. The first kappa shape index (κ1) is 17.8. The summed E-state index contributed by atoms with van der Waals surface area (Å²) in [7, 11) is 1.68. The van der Waals surface area contributed by atoms with E-state index in [1.807, 2.05) is 62.4 Å². The molecule has 2 aromatic carbocycles. The molecule has 4 rings (SSSR count). The van der Waals surface area contributed by atoms with E-state index in [1.54, 1.807) is 13.2 Å². The Bertz CT molecular complexity index is 1190. The second kappa shape index (κ2) is 7.19. The van der Waals surface area contributed by atoms with Crippen molar-refractivity contribution in [1.82, 2.24) is 24.5 Å². The largest absolute Gasteiger partial charge is 0.489 e. The molecule has 28 heavy (non-hydrogen) atoms. The Kier molecular flexibility index (Phi) is 4.57. The number of para-hydroxylation sites is 1. The number of hydrogen-bond acceptors (Lipinski definition) is 4. The van der Waals surface area contributed by atoms with Gasteiger partial charge in [-0.15, -0.1) is 0 Å². The van der Waals surface area contributed by atoms with Gasteiger partial charge in [0.05, 0.1) is 5.69 Å². The lowest BCUT2D eigenvalue weighted by Gasteiger charge is -2.17. The third-order valence-electron chi connectivity index (χ3n) is 4.57. The van der Waals surface area contributed by atoms with E-state index in [0.717, 1.165) is 33.8 Å². The van der Waals surface area contributed by atoms with Crippen molar-refractivity contribution >= 4 is 0 Å².